The summed E-state index contributed by atoms with van der Waals surface area (Å²) in [6.45, 7) is 6.80. The number of allylic oxidation sites excluding steroid dienone is 4. The fourth-order valence-corrected chi connectivity index (χ4v) is 6.73. The molecule has 0 radical (unpaired) electrons. The molecule has 0 saturated heterocycles. The molecule has 4 rings (SSSR count). The molecule has 4 aliphatic rings. The van der Waals surface area contributed by atoms with E-state index in [1.54, 1.807) is 5.57 Å². The topological polar surface area (TPSA) is 26.3 Å². The summed E-state index contributed by atoms with van der Waals surface area (Å²) in [6, 6.07) is 0. The molecule has 0 aromatic rings. The van der Waals surface area contributed by atoms with E-state index in [2.05, 4.69) is 32.1 Å². The van der Waals surface area contributed by atoms with Gasteiger partial charge in [0.15, 0.2) is 0 Å². The van der Waals surface area contributed by atoms with E-state index in [-0.39, 0.29) is 17.5 Å². The van der Waals surface area contributed by atoms with Gasteiger partial charge in [-0.3, -0.25) is 4.79 Å². The molecule has 132 valence electrons. The monoisotopic (exact) mass is 328 g/mol. The normalized spacial score (nSPS) is 46.5. The molecule has 2 nitrogen and oxygen atoms in total. The van der Waals surface area contributed by atoms with Gasteiger partial charge in [0.2, 0.25) is 0 Å². The number of rotatable bonds is 2. The molecule has 0 bridgehead atoms. The first-order valence-corrected chi connectivity index (χ1v) is 10.1. The second kappa shape index (κ2) is 5.75. The first-order chi connectivity index (χ1) is 11.5. The average Bonchev–Trinajstić information content (AvgIpc) is 2.91. The lowest BCUT2D eigenvalue weighted by molar-refractivity contribution is -0.158. The number of hydrogen-bond acceptors (Lipinski definition) is 2. The van der Waals surface area contributed by atoms with Crippen LogP contribution in [0.15, 0.2) is 23.8 Å². The van der Waals surface area contributed by atoms with Crippen molar-refractivity contribution in [2.45, 2.75) is 78.2 Å². The van der Waals surface area contributed by atoms with Crippen LogP contribution >= 0.6 is 0 Å². The van der Waals surface area contributed by atoms with E-state index in [0.29, 0.717) is 11.8 Å². The van der Waals surface area contributed by atoms with E-state index < -0.39 is 0 Å². The average molecular weight is 328 g/mol. The van der Waals surface area contributed by atoms with E-state index in [4.69, 9.17) is 4.74 Å². The standard InChI is InChI=1S/C22H32O2/c1-4-20(23)24-19-11-10-17-16-9-8-15-7-5-6-13-21(15,2)18(16)12-14-22(17,19)3/h6-7,13,16-19H,4-5,8-12,14H2,1-3H3/t16-,17-,18-,19-,21-,22-/m0/s1. The SMILES string of the molecule is CCC(=O)O[C@H]1CC[C@H]2[C@@H]3CCC4=CCC=C[C@]4(C)[C@H]3CC[C@]12C. The Kier molecular flexibility index (Phi) is 3.93. The van der Waals surface area contributed by atoms with Crippen LogP contribution in [-0.4, -0.2) is 12.1 Å². The van der Waals surface area contributed by atoms with Gasteiger partial charge in [-0.05, 0) is 62.7 Å². The second-order valence-corrected chi connectivity index (χ2v) is 9.02. The number of ether oxygens (including phenoxy) is 1. The predicted molar refractivity (Wildman–Crippen MR) is 96.4 cm³/mol. The van der Waals surface area contributed by atoms with E-state index in [1.165, 1.54) is 32.1 Å². The third-order valence-corrected chi connectivity index (χ3v) is 8.09. The molecular weight excluding hydrogens is 296 g/mol. The van der Waals surface area contributed by atoms with Gasteiger partial charge >= 0.3 is 5.97 Å². The minimum absolute atomic E-state index is 0.0139. The molecular formula is C22H32O2. The van der Waals surface area contributed by atoms with Crippen molar-refractivity contribution in [3.05, 3.63) is 23.8 Å². The van der Waals surface area contributed by atoms with Gasteiger partial charge in [0.05, 0.1) is 0 Å². The van der Waals surface area contributed by atoms with Gasteiger partial charge in [-0.25, -0.2) is 0 Å². The van der Waals surface area contributed by atoms with Crippen LogP contribution < -0.4 is 0 Å². The molecule has 0 heterocycles. The Morgan fingerprint density at radius 3 is 2.83 bits per heavy atom. The van der Waals surface area contributed by atoms with Crippen molar-refractivity contribution in [2.24, 2.45) is 28.6 Å². The highest BCUT2D eigenvalue weighted by Crippen LogP contribution is 2.64. The molecule has 6 atom stereocenters. The molecule has 3 fully saturated rings. The van der Waals surface area contributed by atoms with Crippen LogP contribution in [0.2, 0.25) is 0 Å². The highest BCUT2D eigenvalue weighted by Gasteiger charge is 2.59. The molecule has 2 heteroatoms. The summed E-state index contributed by atoms with van der Waals surface area (Å²) in [6.07, 6.45) is 16.6. The molecule has 24 heavy (non-hydrogen) atoms. The van der Waals surface area contributed by atoms with Gasteiger partial charge in [-0.1, -0.05) is 44.6 Å². The summed E-state index contributed by atoms with van der Waals surface area (Å²) in [5.41, 5.74) is 2.20. The molecule has 0 spiro atoms. The summed E-state index contributed by atoms with van der Waals surface area (Å²) < 4.78 is 5.88. The van der Waals surface area contributed by atoms with Crippen molar-refractivity contribution in [2.75, 3.05) is 0 Å². The molecule has 0 aromatic carbocycles. The number of esters is 1. The van der Waals surface area contributed by atoms with Gasteiger partial charge in [-0.2, -0.15) is 0 Å². The van der Waals surface area contributed by atoms with E-state index in [0.717, 1.165) is 30.6 Å². The van der Waals surface area contributed by atoms with Crippen LogP contribution in [0.25, 0.3) is 0 Å². The zero-order valence-corrected chi connectivity index (χ0v) is 15.5. The summed E-state index contributed by atoms with van der Waals surface area (Å²) in [7, 11) is 0. The van der Waals surface area contributed by atoms with Crippen molar-refractivity contribution >= 4 is 5.97 Å². The third-order valence-electron chi connectivity index (χ3n) is 8.09. The van der Waals surface area contributed by atoms with Crippen molar-refractivity contribution < 1.29 is 9.53 Å². The highest BCUT2D eigenvalue weighted by atomic mass is 16.5. The third kappa shape index (κ3) is 2.24. The number of carbonyl (C=O) groups excluding carboxylic acids is 1. The van der Waals surface area contributed by atoms with Gasteiger partial charge in [-0.15, -0.1) is 0 Å². The first-order valence-electron chi connectivity index (χ1n) is 10.1. The fourth-order valence-electron chi connectivity index (χ4n) is 6.73. The summed E-state index contributed by atoms with van der Waals surface area (Å²) in [4.78, 5) is 11.9. The minimum Gasteiger partial charge on any atom is -0.462 e. The summed E-state index contributed by atoms with van der Waals surface area (Å²) >= 11 is 0. The van der Waals surface area contributed by atoms with Crippen LogP contribution in [0.3, 0.4) is 0 Å². The van der Waals surface area contributed by atoms with E-state index >= 15 is 0 Å². The maximum atomic E-state index is 11.9. The lowest BCUT2D eigenvalue weighted by Crippen LogP contribution is -2.50. The Balaban J connectivity index is 1.59. The Labute approximate surface area is 146 Å². The van der Waals surface area contributed by atoms with E-state index in [9.17, 15) is 4.79 Å². The lowest BCUT2D eigenvalue weighted by atomic mass is 9.48. The van der Waals surface area contributed by atoms with Crippen LogP contribution in [0.1, 0.15) is 72.1 Å². The Morgan fingerprint density at radius 2 is 2.04 bits per heavy atom. The van der Waals surface area contributed by atoms with Gasteiger partial charge < -0.3 is 4.74 Å². The van der Waals surface area contributed by atoms with Crippen molar-refractivity contribution in [1.29, 1.82) is 0 Å². The Bertz CT molecular complexity index is 589. The van der Waals surface area contributed by atoms with Crippen molar-refractivity contribution in [3.8, 4) is 0 Å². The lowest BCUT2D eigenvalue weighted by Gasteiger charge is -2.56. The van der Waals surface area contributed by atoms with Crippen LogP contribution in [-0.2, 0) is 9.53 Å². The molecule has 0 aliphatic heterocycles. The molecule has 0 unspecified atom stereocenters. The molecule has 4 aliphatic carbocycles. The number of carbonyl (C=O) groups is 1. The maximum absolute atomic E-state index is 11.9. The van der Waals surface area contributed by atoms with Crippen molar-refractivity contribution in [1.82, 2.24) is 0 Å². The highest BCUT2D eigenvalue weighted by molar-refractivity contribution is 5.69. The van der Waals surface area contributed by atoms with Gasteiger partial charge in [0, 0.05) is 17.3 Å². The van der Waals surface area contributed by atoms with E-state index in [1.807, 2.05) is 6.92 Å². The largest absolute Gasteiger partial charge is 0.462 e. The zero-order valence-electron chi connectivity index (χ0n) is 15.5. The zero-order chi connectivity index (χ0) is 16.9. The predicted octanol–water partition coefficient (Wildman–Crippen LogP) is 5.44. The smallest absolute Gasteiger partial charge is 0.305 e. The Hall–Kier alpha value is -1.05. The second-order valence-electron chi connectivity index (χ2n) is 9.02. The molecule has 3 saturated carbocycles. The first kappa shape index (κ1) is 16.4. The van der Waals surface area contributed by atoms with Crippen LogP contribution in [0.5, 0.6) is 0 Å². The number of fused-ring (bicyclic) bond motifs is 5. The maximum Gasteiger partial charge on any atom is 0.305 e. The minimum atomic E-state index is -0.0139. The summed E-state index contributed by atoms with van der Waals surface area (Å²) in [5.74, 6) is 2.31. The van der Waals surface area contributed by atoms with Gasteiger partial charge in [0.1, 0.15) is 6.10 Å². The quantitative estimate of drug-likeness (QED) is 0.498. The fraction of sp³-hybridized carbons (Fsp3) is 0.773. The van der Waals surface area contributed by atoms with Crippen molar-refractivity contribution in [3.63, 3.8) is 0 Å². The number of hydrogen-bond donors (Lipinski definition) is 0. The summed E-state index contributed by atoms with van der Waals surface area (Å²) in [5, 5.41) is 0. The molecule has 0 amide bonds. The van der Waals surface area contributed by atoms with Crippen LogP contribution in [0.4, 0.5) is 0 Å². The Morgan fingerprint density at radius 1 is 1.21 bits per heavy atom. The molecule has 0 N–H and O–H groups in total. The van der Waals surface area contributed by atoms with Gasteiger partial charge in [0.25, 0.3) is 0 Å². The van der Waals surface area contributed by atoms with Crippen LogP contribution in [0, 0.1) is 28.6 Å². The molecule has 0 aromatic heterocycles.